The normalized spacial score (nSPS) is 14.9. The van der Waals surface area contributed by atoms with E-state index in [1.807, 2.05) is 0 Å². The number of amides is 1. The fourth-order valence-electron chi connectivity index (χ4n) is 3.82. The summed E-state index contributed by atoms with van der Waals surface area (Å²) >= 11 is 0. The van der Waals surface area contributed by atoms with Crippen LogP contribution < -0.4 is 0 Å². The second kappa shape index (κ2) is 10.5. The molecule has 0 atom stereocenters. The molecular weight excluding hydrogens is 486 g/mol. The summed E-state index contributed by atoms with van der Waals surface area (Å²) in [5, 5.41) is 0. The van der Waals surface area contributed by atoms with Crippen LogP contribution in [-0.4, -0.2) is 56.5 Å². The summed E-state index contributed by atoms with van der Waals surface area (Å²) < 4.78 is 51.4. The Hall–Kier alpha value is -3.37. The van der Waals surface area contributed by atoms with Gasteiger partial charge in [-0.2, -0.15) is 0 Å². The van der Waals surface area contributed by atoms with Crippen molar-refractivity contribution in [3.63, 3.8) is 0 Å². The number of sulfone groups is 2. The number of aliphatic imine (C=N–C) groups is 1. The number of hydrogen-bond acceptors (Lipinski definition) is 7. The fraction of sp³-hybridized carbons (Fsp3) is 0.240. The third kappa shape index (κ3) is 5.49. The van der Waals surface area contributed by atoms with Crippen LogP contribution in [-0.2, 0) is 19.7 Å². The molecule has 1 saturated heterocycles. The van der Waals surface area contributed by atoms with E-state index < -0.39 is 24.3 Å². The van der Waals surface area contributed by atoms with Gasteiger partial charge in [0, 0.05) is 25.5 Å². The Labute approximate surface area is 205 Å². The molecule has 2 aromatic carbocycles. The first-order valence-corrected chi connectivity index (χ1v) is 14.3. The Kier molecular flexibility index (Phi) is 7.42. The van der Waals surface area contributed by atoms with Crippen molar-refractivity contribution in [1.29, 1.82) is 0 Å². The molecule has 10 heteroatoms. The average Bonchev–Trinajstić information content (AvgIpc) is 2.90. The van der Waals surface area contributed by atoms with Gasteiger partial charge >= 0.3 is 0 Å². The first kappa shape index (κ1) is 24.7. The summed E-state index contributed by atoms with van der Waals surface area (Å²) in [4.78, 5) is 22.4. The number of pyridine rings is 1. The number of aromatic nitrogens is 1. The first-order valence-electron chi connectivity index (χ1n) is 11.2. The number of likely N-dealkylation sites (tertiary alicyclic amines) is 1. The van der Waals surface area contributed by atoms with Gasteiger partial charge in [0.25, 0.3) is 5.91 Å². The number of benzene rings is 2. The van der Waals surface area contributed by atoms with E-state index in [-0.39, 0.29) is 21.5 Å². The Bertz CT molecular complexity index is 1330. The van der Waals surface area contributed by atoms with Crippen LogP contribution in [0.25, 0.3) is 0 Å². The predicted octanol–water partition coefficient (Wildman–Crippen LogP) is 3.68. The van der Waals surface area contributed by atoms with Crippen LogP contribution in [0.4, 0.5) is 5.82 Å². The zero-order chi connectivity index (χ0) is 24.9. The topological polar surface area (TPSA) is 114 Å². The lowest BCUT2D eigenvalue weighted by atomic mass is 10.1. The second-order valence-electron chi connectivity index (χ2n) is 8.12. The minimum Gasteiger partial charge on any atom is -0.339 e. The van der Waals surface area contributed by atoms with Gasteiger partial charge in [-0.15, -0.1) is 0 Å². The maximum atomic E-state index is 13.4. The van der Waals surface area contributed by atoms with Gasteiger partial charge in [0.2, 0.25) is 24.3 Å². The molecule has 0 spiro atoms. The number of carbonyl (C=O) groups excluding carboxylic acids is 1. The van der Waals surface area contributed by atoms with Crippen molar-refractivity contribution in [3.05, 3.63) is 84.6 Å². The molecule has 3 aromatic rings. The van der Waals surface area contributed by atoms with E-state index in [0.717, 1.165) is 25.5 Å². The van der Waals surface area contributed by atoms with Gasteiger partial charge in [0.05, 0.1) is 15.4 Å². The van der Waals surface area contributed by atoms with Gasteiger partial charge in [-0.05, 0) is 55.7 Å². The quantitative estimate of drug-likeness (QED) is 0.447. The molecule has 182 valence electrons. The van der Waals surface area contributed by atoms with E-state index >= 15 is 0 Å². The number of hydrogen-bond donors (Lipinski definition) is 0. The van der Waals surface area contributed by atoms with E-state index in [9.17, 15) is 21.6 Å². The Balaban J connectivity index is 1.66. The first-order chi connectivity index (χ1) is 16.8. The van der Waals surface area contributed by atoms with Crippen LogP contribution in [0.5, 0.6) is 0 Å². The molecule has 8 nitrogen and oxygen atoms in total. The van der Waals surface area contributed by atoms with Crippen LogP contribution >= 0.6 is 0 Å². The van der Waals surface area contributed by atoms with Gasteiger partial charge in [0.15, 0.2) is 5.82 Å². The summed E-state index contributed by atoms with van der Waals surface area (Å²) in [6, 6.07) is 17.8. The Morgan fingerprint density at radius 2 is 1.34 bits per heavy atom. The highest BCUT2D eigenvalue weighted by atomic mass is 32.3. The van der Waals surface area contributed by atoms with Gasteiger partial charge in [0.1, 0.15) is 0 Å². The van der Waals surface area contributed by atoms with Crippen LogP contribution in [0.1, 0.15) is 29.6 Å². The standard InChI is InChI=1S/C25H25N3O5S2/c29-25(28-16-8-3-9-17-28)20-14-15-23(26-18-20)27-19-24(34(30,31)21-10-4-1-5-11-21)35(32,33)22-12-6-2-7-13-22/h1-2,4-7,10-15,18-19,24H,3,8-9,16-17H2. The largest absolute Gasteiger partial charge is 0.339 e. The van der Waals surface area contributed by atoms with E-state index in [1.54, 1.807) is 23.1 Å². The van der Waals surface area contributed by atoms with Crippen molar-refractivity contribution in [3.8, 4) is 0 Å². The maximum absolute atomic E-state index is 13.4. The lowest BCUT2D eigenvalue weighted by molar-refractivity contribution is 0.0724. The smallest absolute Gasteiger partial charge is 0.255 e. The fourth-order valence-corrected chi connectivity index (χ4v) is 7.87. The molecule has 4 rings (SSSR count). The second-order valence-corrected chi connectivity index (χ2v) is 12.6. The highest BCUT2D eigenvalue weighted by Gasteiger charge is 2.38. The highest BCUT2D eigenvalue weighted by Crippen LogP contribution is 2.25. The van der Waals surface area contributed by atoms with Crippen molar-refractivity contribution < 1.29 is 21.6 Å². The van der Waals surface area contributed by atoms with Gasteiger partial charge in [-0.25, -0.2) is 26.8 Å². The van der Waals surface area contributed by atoms with Crippen molar-refractivity contribution in [2.75, 3.05) is 13.1 Å². The van der Waals surface area contributed by atoms with E-state index in [0.29, 0.717) is 18.7 Å². The minimum atomic E-state index is -4.34. The molecular formula is C25H25N3O5S2. The lowest BCUT2D eigenvalue weighted by Crippen LogP contribution is -2.35. The van der Waals surface area contributed by atoms with Crippen molar-refractivity contribution >= 4 is 37.6 Å². The number of piperidine rings is 1. The number of nitrogens with zero attached hydrogens (tertiary/aromatic N) is 3. The molecule has 2 heterocycles. The summed E-state index contributed by atoms with van der Waals surface area (Å²) in [5.41, 5.74) is 0.399. The summed E-state index contributed by atoms with van der Waals surface area (Å²) in [7, 11) is -8.68. The van der Waals surface area contributed by atoms with Crippen LogP contribution in [0.15, 0.2) is 93.8 Å². The SMILES string of the molecule is O=C(c1ccc(N=CC(S(=O)(=O)c2ccccc2)S(=O)(=O)c2ccccc2)nc1)N1CCCCC1. The van der Waals surface area contributed by atoms with E-state index in [4.69, 9.17) is 0 Å². The minimum absolute atomic E-state index is 0.0942. The third-order valence-electron chi connectivity index (χ3n) is 5.72. The van der Waals surface area contributed by atoms with Gasteiger partial charge < -0.3 is 4.90 Å². The molecule has 0 bridgehead atoms. The van der Waals surface area contributed by atoms with E-state index in [2.05, 4.69) is 9.98 Å². The van der Waals surface area contributed by atoms with Gasteiger partial charge in [-0.1, -0.05) is 36.4 Å². The Morgan fingerprint density at radius 3 is 1.83 bits per heavy atom. The molecule has 0 saturated carbocycles. The average molecular weight is 512 g/mol. The number of carbonyl (C=O) groups is 1. The predicted molar refractivity (Wildman–Crippen MR) is 133 cm³/mol. The third-order valence-corrected chi connectivity index (χ3v) is 10.6. The van der Waals surface area contributed by atoms with Crippen molar-refractivity contribution in [1.82, 2.24) is 9.88 Å². The lowest BCUT2D eigenvalue weighted by Gasteiger charge is -2.26. The molecule has 1 aliphatic rings. The molecule has 0 unspecified atom stereocenters. The van der Waals surface area contributed by atoms with Crippen LogP contribution in [0.2, 0.25) is 0 Å². The summed E-state index contributed by atoms with van der Waals surface area (Å²) in [5.74, 6) is -0.0272. The van der Waals surface area contributed by atoms with Crippen LogP contribution in [0.3, 0.4) is 0 Å². The van der Waals surface area contributed by atoms with Crippen LogP contribution in [0, 0.1) is 0 Å². The highest BCUT2D eigenvalue weighted by molar-refractivity contribution is 8.10. The maximum Gasteiger partial charge on any atom is 0.255 e. The molecule has 0 radical (unpaired) electrons. The summed E-state index contributed by atoms with van der Waals surface area (Å²) in [6.07, 6.45) is 5.30. The molecule has 0 N–H and O–H groups in total. The molecule has 35 heavy (non-hydrogen) atoms. The van der Waals surface area contributed by atoms with Crippen molar-refractivity contribution in [2.45, 2.75) is 33.6 Å². The van der Waals surface area contributed by atoms with E-state index in [1.165, 1.54) is 60.8 Å². The van der Waals surface area contributed by atoms with Gasteiger partial charge in [-0.3, -0.25) is 4.79 Å². The molecule has 1 fully saturated rings. The Morgan fingerprint density at radius 1 is 0.800 bits per heavy atom. The molecule has 1 aromatic heterocycles. The number of rotatable bonds is 7. The zero-order valence-corrected chi connectivity index (χ0v) is 20.5. The zero-order valence-electron chi connectivity index (χ0n) is 18.9. The molecule has 1 aliphatic heterocycles. The van der Waals surface area contributed by atoms with Crippen molar-refractivity contribution in [2.24, 2.45) is 4.99 Å². The molecule has 1 amide bonds. The monoisotopic (exact) mass is 511 g/mol. The summed E-state index contributed by atoms with van der Waals surface area (Å²) in [6.45, 7) is 1.41. The molecule has 0 aliphatic carbocycles.